The van der Waals surface area contributed by atoms with Crippen LogP contribution in [0.2, 0.25) is 0 Å². The molecule has 1 aliphatic heterocycles. The first-order chi connectivity index (χ1) is 11.4. The number of H-pyrrole nitrogens is 1. The molecule has 3 heterocycles. The molecule has 3 rings (SSSR count). The maximum Gasteiger partial charge on any atom is 0.419 e. The zero-order valence-corrected chi connectivity index (χ0v) is 12.8. The van der Waals surface area contributed by atoms with E-state index < -0.39 is 11.7 Å². The zero-order valence-electron chi connectivity index (χ0n) is 12.8. The lowest BCUT2D eigenvalue weighted by molar-refractivity contribution is -0.367. The highest BCUT2D eigenvalue weighted by molar-refractivity contribution is 5.92. The fourth-order valence-electron chi connectivity index (χ4n) is 2.59. The van der Waals surface area contributed by atoms with Crippen molar-refractivity contribution in [3.63, 3.8) is 0 Å². The van der Waals surface area contributed by atoms with Crippen molar-refractivity contribution >= 4 is 11.7 Å². The molecule has 24 heavy (non-hydrogen) atoms. The molecule has 2 aromatic heterocycles. The summed E-state index contributed by atoms with van der Waals surface area (Å²) in [6.07, 6.45) is -1.83. The Kier molecular flexibility index (Phi) is 4.37. The Morgan fingerprint density at radius 3 is 2.38 bits per heavy atom. The lowest BCUT2D eigenvalue weighted by Crippen LogP contribution is -2.50. The van der Waals surface area contributed by atoms with Gasteiger partial charge in [0.15, 0.2) is 0 Å². The highest BCUT2D eigenvalue weighted by Gasteiger charge is 2.33. The molecular formula is C16H16F3N4O+. The van der Waals surface area contributed by atoms with Gasteiger partial charge in [-0.15, -0.1) is 0 Å². The van der Waals surface area contributed by atoms with Gasteiger partial charge in [0.2, 0.25) is 0 Å². The predicted molar refractivity (Wildman–Crippen MR) is 80.4 cm³/mol. The number of nitrogens with zero attached hydrogens (tertiary/aromatic N) is 3. The minimum absolute atomic E-state index is 0.133. The van der Waals surface area contributed by atoms with E-state index in [1.165, 1.54) is 6.07 Å². The van der Waals surface area contributed by atoms with Crippen molar-refractivity contribution in [2.75, 3.05) is 31.1 Å². The first kappa shape index (κ1) is 16.2. The van der Waals surface area contributed by atoms with Crippen LogP contribution >= 0.6 is 0 Å². The zero-order chi connectivity index (χ0) is 17.2. The molecular weight excluding hydrogens is 321 g/mol. The number of aromatic nitrogens is 2. The van der Waals surface area contributed by atoms with Gasteiger partial charge < -0.3 is 4.90 Å². The smallest absolute Gasteiger partial charge is 0.329 e. The number of carbonyl (C=O) groups excluding carboxylic acids is 1. The van der Waals surface area contributed by atoms with Crippen LogP contribution in [0, 0.1) is 0 Å². The Hall–Kier alpha value is -2.64. The molecule has 1 aliphatic rings. The van der Waals surface area contributed by atoms with Crippen LogP contribution in [0.3, 0.4) is 0 Å². The molecule has 0 atom stereocenters. The number of hydrogen-bond acceptors (Lipinski definition) is 3. The maximum atomic E-state index is 12.6. The minimum atomic E-state index is -4.36. The summed E-state index contributed by atoms with van der Waals surface area (Å²) in [7, 11) is 0. The van der Waals surface area contributed by atoms with Crippen LogP contribution < -0.4 is 9.88 Å². The average Bonchev–Trinajstić information content (AvgIpc) is 2.61. The van der Waals surface area contributed by atoms with E-state index >= 15 is 0 Å². The van der Waals surface area contributed by atoms with E-state index in [-0.39, 0.29) is 5.91 Å². The Labute approximate surface area is 136 Å². The topological polar surface area (TPSA) is 50.6 Å². The van der Waals surface area contributed by atoms with Crippen molar-refractivity contribution in [2.24, 2.45) is 0 Å². The number of rotatable bonds is 2. The number of alkyl halides is 3. The van der Waals surface area contributed by atoms with Gasteiger partial charge in [-0.2, -0.15) is 13.2 Å². The van der Waals surface area contributed by atoms with Crippen LogP contribution in [-0.4, -0.2) is 42.0 Å². The van der Waals surface area contributed by atoms with E-state index in [0.717, 1.165) is 12.3 Å². The summed E-state index contributed by atoms with van der Waals surface area (Å²) in [4.78, 5) is 22.7. The molecule has 0 spiro atoms. The van der Waals surface area contributed by atoms with E-state index in [4.69, 9.17) is 0 Å². The fraction of sp³-hybridized carbons (Fsp3) is 0.312. The summed E-state index contributed by atoms with van der Waals surface area (Å²) >= 11 is 0. The van der Waals surface area contributed by atoms with Gasteiger partial charge in [-0.25, -0.2) is 4.98 Å². The third kappa shape index (κ3) is 3.47. The largest absolute Gasteiger partial charge is 0.419 e. The van der Waals surface area contributed by atoms with Gasteiger partial charge >= 0.3 is 6.18 Å². The summed E-state index contributed by atoms with van der Waals surface area (Å²) in [5.74, 6) is 0.472. The van der Waals surface area contributed by atoms with Crippen LogP contribution in [0.4, 0.5) is 19.0 Å². The summed E-state index contributed by atoms with van der Waals surface area (Å²) < 4.78 is 37.7. The maximum absolute atomic E-state index is 12.6. The number of pyridine rings is 2. The molecule has 1 N–H and O–H groups in total. The molecule has 8 heteroatoms. The third-order valence-electron chi connectivity index (χ3n) is 3.92. The van der Waals surface area contributed by atoms with Gasteiger partial charge in [-0.3, -0.25) is 14.7 Å². The van der Waals surface area contributed by atoms with Crippen molar-refractivity contribution in [3.8, 4) is 0 Å². The lowest BCUT2D eigenvalue weighted by atomic mass is 10.2. The van der Waals surface area contributed by atoms with E-state index in [0.29, 0.717) is 37.7 Å². The van der Waals surface area contributed by atoms with E-state index in [1.807, 2.05) is 4.90 Å². The average molecular weight is 337 g/mol. The quantitative estimate of drug-likeness (QED) is 0.841. The highest BCUT2D eigenvalue weighted by atomic mass is 19.4. The summed E-state index contributed by atoms with van der Waals surface area (Å²) in [5.41, 5.74) is -0.317. The van der Waals surface area contributed by atoms with Crippen molar-refractivity contribution in [1.82, 2.24) is 9.88 Å². The Morgan fingerprint density at radius 1 is 1.08 bits per heavy atom. The molecule has 0 aromatic carbocycles. The summed E-state index contributed by atoms with van der Waals surface area (Å²) in [6.45, 7) is 2.06. The molecule has 0 bridgehead atoms. The molecule has 0 unspecified atom stereocenters. The van der Waals surface area contributed by atoms with Crippen LogP contribution in [0.25, 0.3) is 0 Å². The SMILES string of the molecule is O=C(c1ccccn1)N1CCN(c2ccc(C(F)(F)F)c[nH+]2)CC1. The number of hydrogen-bond donors (Lipinski definition) is 0. The molecule has 5 nitrogen and oxygen atoms in total. The first-order valence-corrected chi connectivity index (χ1v) is 7.49. The number of halogens is 3. The summed E-state index contributed by atoms with van der Waals surface area (Å²) in [5, 5.41) is 0. The molecule has 126 valence electrons. The van der Waals surface area contributed by atoms with E-state index in [1.54, 1.807) is 29.3 Å². The number of aromatic amines is 1. The van der Waals surface area contributed by atoms with Crippen molar-refractivity contribution < 1.29 is 22.9 Å². The first-order valence-electron chi connectivity index (χ1n) is 7.49. The third-order valence-corrected chi connectivity index (χ3v) is 3.92. The van der Waals surface area contributed by atoms with Gasteiger partial charge in [0.25, 0.3) is 11.7 Å². The molecule has 2 aromatic rings. The van der Waals surface area contributed by atoms with Crippen LogP contribution in [0.1, 0.15) is 16.1 Å². The standard InChI is InChI=1S/C16H15F3N4O/c17-16(18,19)12-4-5-14(21-11-12)22-7-9-23(10-8-22)15(24)13-3-1-2-6-20-13/h1-6,11H,7-10H2/p+1. The predicted octanol–water partition coefficient (Wildman–Crippen LogP) is 1.88. The Morgan fingerprint density at radius 2 is 1.83 bits per heavy atom. The molecule has 0 aliphatic carbocycles. The second kappa shape index (κ2) is 6.46. The van der Waals surface area contributed by atoms with Gasteiger partial charge in [0.1, 0.15) is 25.0 Å². The molecule has 1 fully saturated rings. The monoisotopic (exact) mass is 337 g/mol. The van der Waals surface area contributed by atoms with Gasteiger partial charge in [-0.1, -0.05) is 6.07 Å². The van der Waals surface area contributed by atoms with Crippen LogP contribution in [-0.2, 0) is 6.18 Å². The van der Waals surface area contributed by atoms with Crippen LogP contribution in [0.5, 0.6) is 0 Å². The number of piperazine rings is 1. The van der Waals surface area contributed by atoms with E-state index in [2.05, 4.69) is 9.97 Å². The second-order valence-corrected chi connectivity index (χ2v) is 5.45. The van der Waals surface area contributed by atoms with Crippen molar-refractivity contribution in [3.05, 3.63) is 54.0 Å². The number of carbonyl (C=O) groups is 1. The van der Waals surface area contributed by atoms with Crippen molar-refractivity contribution in [2.45, 2.75) is 6.18 Å². The number of anilines is 1. The normalized spacial score (nSPS) is 15.5. The number of nitrogens with one attached hydrogen (secondary N) is 1. The Balaban J connectivity index is 1.62. The van der Waals surface area contributed by atoms with Crippen LogP contribution in [0.15, 0.2) is 42.7 Å². The molecule has 0 saturated carbocycles. The lowest BCUT2D eigenvalue weighted by Gasteiger charge is -2.30. The Bertz CT molecular complexity index is 696. The van der Waals surface area contributed by atoms with Gasteiger partial charge in [0, 0.05) is 12.3 Å². The van der Waals surface area contributed by atoms with E-state index in [9.17, 15) is 18.0 Å². The minimum Gasteiger partial charge on any atom is -0.329 e. The molecule has 1 amide bonds. The van der Waals surface area contributed by atoms with Crippen molar-refractivity contribution in [1.29, 1.82) is 0 Å². The molecule has 0 radical (unpaired) electrons. The second-order valence-electron chi connectivity index (χ2n) is 5.45. The number of amides is 1. The highest BCUT2D eigenvalue weighted by Crippen LogP contribution is 2.28. The summed E-state index contributed by atoms with van der Waals surface area (Å²) in [6, 6.07) is 7.64. The van der Waals surface area contributed by atoms with Gasteiger partial charge in [0.05, 0.1) is 18.7 Å². The molecule has 1 saturated heterocycles. The van der Waals surface area contributed by atoms with Gasteiger partial charge in [-0.05, 0) is 18.2 Å². The fourth-order valence-corrected chi connectivity index (χ4v) is 2.59.